The number of pyridine rings is 1. The number of hydrogen-bond acceptors (Lipinski definition) is 5. The predicted octanol–water partition coefficient (Wildman–Crippen LogP) is 1.23. The highest BCUT2D eigenvalue weighted by Gasteiger charge is 2.07. The second kappa shape index (κ2) is 5.31. The van der Waals surface area contributed by atoms with Crippen molar-refractivity contribution in [2.45, 2.75) is 13.2 Å². The van der Waals surface area contributed by atoms with Crippen LogP contribution in [0.2, 0.25) is 5.15 Å². The molecule has 0 amide bonds. The molecule has 6 heteroatoms. The van der Waals surface area contributed by atoms with Crippen LogP contribution in [0.1, 0.15) is 6.92 Å². The molecule has 5 nitrogen and oxygen atoms in total. The van der Waals surface area contributed by atoms with Crippen LogP contribution in [0.3, 0.4) is 0 Å². The van der Waals surface area contributed by atoms with Gasteiger partial charge in [-0.25, -0.2) is 9.78 Å². The van der Waals surface area contributed by atoms with Crippen molar-refractivity contribution < 1.29 is 14.3 Å². The van der Waals surface area contributed by atoms with E-state index >= 15 is 0 Å². The van der Waals surface area contributed by atoms with Crippen molar-refractivity contribution in [2.24, 2.45) is 0 Å². The van der Waals surface area contributed by atoms with Crippen LogP contribution >= 0.6 is 11.6 Å². The quantitative estimate of drug-likeness (QED) is 0.276. The monoisotopic (exact) mass is 228 g/mol. The Bertz CT molecular complexity index is 353. The number of halogens is 1. The highest BCUT2D eigenvalue weighted by Crippen LogP contribution is 2.10. The Morgan fingerprint density at radius 1 is 1.67 bits per heavy atom. The lowest BCUT2D eigenvalue weighted by Gasteiger charge is -2.13. The molecule has 1 unspecified atom stereocenters. The Hall–Kier alpha value is -1.62. The summed E-state index contributed by atoms with van der Waals surface area (Å²) in [4.78, 5) is 24.4. The molecule has 1 aromatic rings. The van der Waals surface area contributed by atoms with Crippen molar-refractivity contribution in [2.75, 3.05) is 5.32 Å². The minimum Gasteiger partial charge on any atom is -0.437 e. The van der Waals surface area contributed by atoms with Gasteiger partial charge in [0, 0.05) is 0 Å². The van der Waals surface area contributed by atoms with Gasteiger partial charge in [0.05, 0.1) is 11.9 Å². The summed E-state index contributed by atoms with van der Waals surface area (Å²) in [6, 6.07) is 3.28. The molecule has 1 rings (SSSR count). The maximum absolute atomic E-state index is 10.6. The Balaban J connectivity index is 2.51. The summed E-state index contributed by atoms with van der Waals surface area (Å²) < 4.78 is 4.65. The van der Waals surface area contributed by atoms with E-state index in [1.54, 1.807) is 19.1 Å². The minimum absolute atomic E-state index is 0.109. The zero-order chi connectivity index (χ0) is 11.3. The lowest BCUT2D eigenvalue weighted by atomic mass is 10.4. The van der Waals surface area contributed by atoms with Gasteiger partial charge >= 0.3 is 5.97 Å². The number of nitrogens with zero attached hydrogens (tertiary/aromatic N) is 1. The lowest BCUT2D eigenvalue weighted by molar-refractivity contribution is -0.151. The molecule has 0 bridgehead atoms. The van der Waals surface area contributed by atoms with Crippen molar-refractivity contribution in [1.29, 1.82) is 0 Å². The number of aldehydes is 1. The van der Waals surface area contributed by atoms with E-state index in [-0.39, 0.29) is 6.29 Å². The van der Waals surface area contributed by atoms with E-state index in [2.05, 4.69) is 15.0 Å². The van der Waals surface area contributed by atoms with Gasteiger partial charge in [0.25, 0.3) is 0 Å². The van der Waals surface area contributed by atoms with Crippen LogP contribution in [0.5, 0.6) is 0 Å². The van der Waals surface area contributed by atoms with E-state index in [4.69, 9.17) is 11.6 Å². The molecule has 0 aromatic carbocycles. The predicted molar refractivity (Wildman–Crippen MR) is 54.5 cm³/mol. The van der Waals surface area contributed by atoms with E-state index in [1.807, 2.05) is 0 Å². The molecular formula is C9H9ClN2O3. The topological polar surface area (TPSA) is 68.3 Å². The zero-order valence-electron chi connectivity index (χ0n) is 7.94. The Morgan fingerprint density at radius 2 is 2.40 bits per heavy atom. The average Bonchev–Trinajstić information content (AvgIpc) is 2.21. The number of ether oxygens (including phenoxy) is 1. The Kier molecular flexibility index (Phi) is 4.05. The number of carbonyl (C=O) groups excluding carboxylic acids is 2. The van der Waals surface area contributed by atoms with Gasteiger partial charge in [-0.3, -0.25) is 4.79 Å². The summed E-state index contributed by atoms with van der Waals surface area (Å²) in [6.07, 6.45) is 0.997. The Morgan fingerprint density at radius 3 is 2.93 bits per heavy atom. The number of anilines is 1. The molecule has 1 N–H and O–H groups in total. The van der Waals surface area contributed by atoms with Gasteiger partial charge < -0.3 is 10.1 Å². The van der Waals surface area contributed by atoms with E-state index in [0.29, 0.717) is 10.8 Å². The first-order valence-corrected chi connectivity index (χ1v) is 4.53. The SMILES string of the molecule is CC(Nc1ccc(Cl)nc1)OC(=O)C=O. The number of esters is 1. The third-order valence-corrected chi connectivity index (χ3v) is 1.71. The van der Waals surface area contributed by atoms with Gasteiger partial charge in [-0.05, 0) is 19.1 Å². The van der Waals surface area contributed by atoms with E-state index in [0.717, 1.165) is 0 Å². The van der Waals surface area contributed by atoms with Crippen LogP contribution in [0.25, 0.3) is 0 Å². The molecule has 0 aliphatic rings. The average molecular weight is 229 g/mol. The van der Waals surface area contributed by atoms with Crippen LogP contribution in [-0.4, -0.2) is 23.5 Å². The summed E-state index contributed by atoms with van der Waals surface area (Å²) in [5.74, 6) is -0.920. The molecule has 1 atom stereocenters. The molecule has 0 radical (unpaired) electrons. The highest BCUT2D eigenvalue weighted by atomic mass is 35.5. The number of hydrogen-bond donors (Lipinski definition) is 1. The minimum atomic E-state index is -0.920. The summed E-state index contributed by atoms with van der Waals surface area (Å²) in [5.41, 5.74) is 0.644. The highest BCUT2D eigenvalue weighted by molar-refractivity contribution is 6.29. The molecule has 0 fully saturated rings. The summed E-state index contributed by atoms with van der Waals surface area (Å²) >= 11 is 5.58. The maximum atomic E-state index is 10.6. The second-order valence-electron chi connectivity index (χ2n) is 2.71. The number of nitrogens with one attached hydrogen (secondary N) is 1. The summed E-state index contributed by atoms with van der Waals surface area (Å²) in [5, 5.41) is 3.18. The second-order valence-corrected chi connectivity index (χ2v) is 3.10. The zero-order valence-corrected chi connectivity index (χ0v) is 8.69. The lowest BCUT2D eigenvalue weighted by Crippen LogP contribution is -2.23. The number of carbonyl (C=O) groups is 2. The van der Waals surface area contributed by atoms with E-state index < -0.39 is 12.2 Å². The first-order valence-electron chi connectivity index (χ1n) is 4.15. The Labute approximate surface area is 91.4 Å². The number of rotatable bonds is 4. The third-order valence-electron chi connectivity index (χ3n) is 1.49. The van der Waals surface area contributed by atoms with Crippen LogP contribution in [0, 0.1) is 0 Å². The van der Waals surface area contributed by atoms with Crippen molar-refractivity contribution >= 4 is 29.5 Å². The molecule has 0 saturated heterocycles. The molecule has 1 aromatic heterocycles. The maximum Gasteiger partial charge on any atom is 0.373 e. The fourth-order valence-electron chi connectivity index (χ4n) is 0.927. The van der Waals surface area contributed by atoms with Crippen molar-refractivity contribution in [1.82, 2.24) is 4.98 Å². The molecular weight excluding hydrogens is 220 g/mol. The molecule has 0 spiro atoms. The molecule has 15 heavy (non-hydrogen) atoms. The van der Waals surface area contributed by atoms with E-state index in [1.165, 1.54) is 6.20 Å². The molecule has 1 heterocycles. The van der Waals surface area contributed by atoms with Gasteiger partial charge in [-0.15, -0.1) is 0 Å². The summed E-state index contributed by atoms with van der Waals surface area (Å²) in [7, 11) is 0. The third kappa shape index (κ3) is 3.95. The van der Waals surface area contributed by atoms with Gasteiger partial charge in [0.2, 0.25) is 6.29 Å². The number of aromatic nitrogens is 1. The standard InChI is InChI=1S/C9H9ClN2O3/c1-6(15-9(14)5-13)12-7-2-3-8(10)11-4-7/h2-6,12H,1H3. The van der Waals surface area contributed by atoms with E-state index in [9.17, 15) is 9.59 Å². The normalized spacial score (nSPS) is 11.6. The van der Waals surface area contributed by atoms with Crippen molar-refractivity contribution in [3.63, 3.8) is 0 Å². The van der Waals surface area contributed by atoms with Crippen LogP contribution in [0.4, 0.5) is 5.69 Å². The fourth-order valence-corrected chi connectivity index (χ4v) is 1.04. The largest absolute Gasteiger partial charge is 0.437 e. The summed E-state index contributed by atoms with van der Waals surface area (Å²) in [6.45, 7) is 1.59. The smallest absolute Gasteiger partial charge is 0.373 e. The molecule has 0 aliphatic heterocycles. The van der Waals surface area contributed by atoms with Gasteiger partial charge in [-0.1, -0.05) is 11.6 Å². The first-order chi connectivity index (χ1) is 7.11. The van der Waals surface area contributed by atoms with Crippen molar-refractivity contribution in [3.8, 4) is 0 Å². The van der Waals surface area contributed by atoms with Gasteiger partial charge in [0.15, 0.2) is 6.23 Å². The van der Waals surface area contributed by atoms with Gasteiger partial charge in [-0.2, -0.15) is 0 Å². The van der Waals surface area contributed by atoms with Crippen LogP contribution < -0.4 is 5.32 Å². The molecule has 80 valence electrons. The van der Waals surface area contributed by atoms with Crippen LogP contribution in [0.15, 0.2) is 18.3 Å². The van der Waals surface area contributed by atoms with Crippen LogP contribution in [-0.2, 0) is 14.3 Å². The fraction of sp³-hybridized carbons (Fsp3) is 0.222. The first kappa shape index (κ1) is 11.5. The van der Waals surface area contributed by atoms with Crippen molar-refractivity contribution in [3.05, 3.63) is 23.5 Å². The van der Waals surface area contributed by atoms with Gasteiger partial charge in [0.1, 0.15) is 5.15 Å². The molecule has 0 saturated carbocycles. The molecule has 0 aliphatic carbocycles.